The molecule has 0 bridgehead atoms. The minimum Gasteiger partial charge on any atom is -0.508 e. The van der Waals surface area contributed by atoms with Gasteiger partial charge in [-0.15, -0.1) is 0 Å². The lowest BCUT2D eigenvalue weighted by atomic mass is 10.2. The molecule has 3 rings (SSSR count). The number of ether oxygens (including phenoxy) is 1. The first kappa shape index (κ1) is 9.72. The van der Waals surface area contributed by atoms with Crippen LogP contribution in [0.5, 0.6) is 17.2 Å². The molecular weight excluding hydrogens is 218 g/mol. The zero-order valence-corrected chi connectivity index (χ0v) is 8.81. The van der Waals surface area contributed by atoms with Gasteiger partial charge < -0.3 is 15.2 Å². The molecule has 0 unspecified atom stereocenters. The van der Waals surface area contributed by atoms with Crippen LogP contribution in [-0.4, -0.2) is 11.0 Å². The number of anilines is 1. The van der Waals surface area contributed by atoms with Crippen molar-refractivity contribution in [2.75, 3.05) is 5.32 Å². The molecule has 2 N–H and O–H groups in total. The number of benzene rings is 2. The second-order valence-electron chi connectivity index (χ2n) is 3.73. The molecule has 1 aliphatic heterocycles. The summed E-state index contributed by atoms with van der Waals surface area (Å²) in [5.41, 5.74) is 1.02. The molecule has 0 aliphatic carbocycles. The van der Waals surface area contributed by atoms with Gasteiger partial charge in [0, 0.05) is 6.07 Å². The van der Waals surface area contributed by atoms with E-state index in [4.69, 9.17) is 4.74 Å². The van der Waals surface area contributed by atoms with Gasteiger partial charge in [-0.3, -0.25) is 4.79 Å². The number of rotatable bonds is 0. The monoisotopic (exact) mass is 227 g/mol. The van der Waals surface area contributed by atoms with Crippen LogP contribution in [0.4, 0.5) is 5.69 Å². The van der Waals surface area contributed by atoms with E-state index in [1.165, 1.54) is 18.2 Å². The molecule has 4 nitrogen and oxygen atoms in total. The Hall–Kier alpha value is -2.49. The first-order chi connectivity index (χ1) is 8.24. The highest BCUT2D eigenvalue weighted by Crippen LogP contribution is 2.36. The van der Waals surface area contributed by atoms with Crippen molar-refractivity contribution in [3.05, 3.63) is 48.0 Å². The summed E-state index contributed by atoms with van der Waals surface area (Å²) in [6.45, 7) is 0. The van der Waals surface area contributed by atoms with Gasteiger partial charge in [-0.1, -0.05) is 12.1 Å². The summed E-state index contributed by atoms with van der Waals surface area (Å²) in [4.78, 5) is 11.9. The lowest BCUT2D eigenvalue weighted by molar-refractivity contribution is 0.102. The molecule has 1 heterocycles. The SMILES string of the molecule is O=C1Nc2ccccc2Oc2cc(O)ccc21. The highest BCUT2D eigenvalue weighted by atomic mass is 16.5. The van der Waals surface area contributed by atoms with Crippen LogP contribution < -0.4 is 10.1 Å². The van der Waals surface area contributed by atoms with E-state index in [9.17, 15) is 9.90 Å². The van der Waals surface area contributed by atoms with Crippen LogP contribution in [0.15, 0.2) is 42.5 Å². The Balaban J connectivity index is 2.18. The predicted octanol–water partition coefficient (Wildman–Crippen LogP) is 2.75. The number of para-hydroxylation sites is 2. The summed E-state index contributed by atoms with van der Waals surface area (Å²) in [6.07, 6.45) is 0. The average Bonchev–Trinajstić information content (AvgIpc) is 2.44. The van der Waals surface area contributed by atoms with E-state index in [0.717, 1.165) is 0 Å². The van der Waals surface area contributed by atoms with Crippen molar-refractivity contribution in [2.24, 2.45) is 0 Å². The van der Waals surface area contributed by atoms with E-state index < -0.39 is 0 Å². The van der Waals surface area contributed by atoms with Crippen LogP contribution in [0, 0.1) is 0 Å². The van der Waals surface area contributed by atoms with Crippen LogP contribution in [-0.2, 0) is 0 Å². The fourth-order valence-electron chi connectivity index (χ4n) is 1.75. The van der Waals surface area contributed by atoms with Gasteiger partial charge >= 0.3 is 0 Å². The maximum Gasteiger partial charge on any atom is 0.259 e. The molecular formula is C13H9NO3. The highest BCUT2D eigenvalue weighted by molar-refractivity contribution is 6.08. The molecule has 0 fully saturated rings. The van der Waals surface area contributed by atoms with Crippen LogP contribution in [0.2, 0.25) is 0 Å². The number of nitrogens with one attached hydrogen (secondary N) is 1. The molecule has 84 valence electrons. The van der Waals surface area contributed by atoms with Crippen LogP contribution >= 0.6 is 0 Å². The van der Waals surface area contributed by atoms with Gasteiger partial charge in [-0.05, 0) is 24.3 Å². The van der Waals surface area contributed by atoms with Crippen molar-refractivity contribution >= 4 is 11.6 Å². The molecule has 1 aliphatic rings. The highest BCUT2D eigenvalue weighted by Gasteiger charge is 2.20. The third kappa shape index (κ3) is 1.59. The first-order valence-electron chi connectivity index (χ1n) is 5.15. The summed E-state index contributed by atoms with van der Waals surface area (Å²) in [5, 5.41) is 12.2. The molecule has 0 spiro atoms. The van der Waals surface area contributed by atoms with E-state index in [-0.39, 0.29) is 11.7 Å². The van der Waals surface area contributed by atoms with Crippen molar-refractivity contribution in [1.29, 1.82) is 0 Å². The molecule has 2 aromatic rings. The summed E-state index contributed by atoms with van der Waals surface area (Å²) in [6, 6.07) is 11.6. The van der Waals surface area contributed by atoms with E-state index in [2.05, 4.69) is 5.32 Å². The number of phenolic OH excluding ortho intramolecular Hbond substituents is 1. The second-order valence-corrected chi connectivity index (χ2v) is 3.73. The van der Waals surface area contributed by atoms with Crippen LogP contribution in [0.1, 0.15) is 10.4 Å². The van der Waals surface area contributed by atoms with Gasteiger partial charge in [0.1, 0.15) is 11.5 Å². The van der Waals surface area contributed by atoms with Gasteiger partial charge in [-0.2, -0.15) is 0 Å². The Kier molecular flexibility index (Phi) is 2.01. The van der Waals surface area contributed by atoms with Crippen molar-refractivity contribution < 1.29 is 14.6 Å². The number of phenols is 1. The maximum atomic E-state index is 11.9. The van der Waals surface area contributed by atoms with Gasteiger partial charge in [0.2, 0.25) is 0 Å². The zero-order valence-electron chi connectivity index (χ0n) is 8.81. The first-order valence-corrected chi connectivity index (χ1v) is 5.15. The summed E-state index contributed by atoms with van der Waals surface area (Å²) in [5.74, 6) is 0.735. The number of fused-ring (bicyclic) bond motifs is 2. The van der Waals surface area contributed by atoms with E-state index in [0.29, 0.717) is 22.7 Å². The standard InChI is InChI=1S/C13H9NO3/c15-8-5-6-9-12(7-8)17-11-4-2-1-3-10(11)14-13(9)16/h1-7,15H,(H,14,16). The van der Waals surface area contributed by atoms with Crippen molar-refractivity contribution in [1.82, 2.24) is 0 Å². The fourth-order valence-corrected chi connectivity index (χ4v) is 1.75. The van der Waals surface area contributed by atoms with Gasteiger partial charge in [0.05, 0.1) is 11.3 Å². The molecule has 0 radical (unpaired) electrons. The smallest absolute Gasteiger partial charge is 0.259 e. The Bertz CT molecular complexity index is 607. The fraction of sp³-hybridized carbons (Fsp3) is 0. The number of aromatic hydroxyl groups is 1. The Morgan fingerprint density at radius 2 is 1.88 bits per heavy atom. The minimum absolute atomic E-state index is 0.0657. The third-order valence-electron chi connectivity index (χ3n) is 2.56. The summed E-state index contributed by atoms with van der Waals surface area (Å²) in [7, 11) is 0. The molecule has 1 amide bonds. The number of hydrogen-bond acceptors (Lipinski definition) is 3. The van der Waals surface area contributed by atoms with Gasteiger partial charge in [0.15, 0.2) is 5.75 Å². The largest absolute Gasteiger partial charge is 0.508 e. The number of hydrogen-bond donors (Lipinski definition) is 2. The van der Waals surface area contributed by atoms with Gasteiger partial charge in [-0.25, -0.2) is 0 Å². The third-order valence-corrected chi connectivity index (χ3v) is 2.56. The lowest BCUT2D eigenvalue weighted by Crippen LogP contribution is -2.10. The number of carbonyl (C=O) groups is 1. The summed E-state index contributed by atoms with van der Waals surface area (Å²) < 4.78 is 5.61. The zero-order chi connectivity index (χ0) is 11.8. The summed E-state index contributed by atoms with van der Waals surface area (Å²) >= 11 is 0. The van der Waals surface area contributed by atoms with Crippen molar-refractivity contribution in [3.63, 3.8) is 0 Å². The van der Waals surface area contributed by atoms with Crippen molar-refractivity contribution in [2.45, 2.75) is 0 Å². The molecule has 4 heteroatoms. The van der Waals surface area contributed by atoms with E-state index in [1.54, 1.807) is 12.1 Å². The average molecular weight is 227 g/mol. The Morgan fingerprint density at radius 3 is 2.76 bits per heavy atom. The molecule has 0 atom stereocenters. The second kappa shape index (κ2) is 3.52. The molecule has 0 aromatic heterocycles. The van der Waals surface area contributed by atoms with Crippen LogP contribution in [0.3, 0.4) is 0 Å². The number of carbonyl (C=O) groups excluding carboxylic acids is 1. The van der Waals surface area contributed by atoms with Crippen LogP contribution in [0.25, 0.3) is 0 Å². The minimum atomic E-state index is -0.245. The Labute approximate surface area is 97.5 Å². The maximum absolute atomic E-state index is 11.9. The van der Waals surface area contributed by atoms with Crippen molar-refractivity contribution in [3.8, 4) is 17.2 Å². The molecule has 0 saturated heterocycles. The van der Waals surface area contributed by atoms with E-state index in [1.807, 2.05) is 12.1 Å². The van der Waals surface area contributed by atoms with Gasteiger partial charge in [0.25, 0.3) is 5.91 Å². The molecule has 0 saturated carbocycles. The van der Waals surface area contributed by atoms with E-state index >= 15 is 0 Å². The molecule has 17 heavy (non-hydrogen) atoms. The Morgan fingerprint density at radius 1 is 1.06 bits per heavy atom. The predicted molar refractivity (Wildman–Crippen MR) is 62.6 cm³/mol. The molecule has 2 aromatic carbocycles. The quantitative estimate of drug-likeness (QED) is 0.727. The topological polar surface area (TPSA) is 58.6 Å². The lowest BCUT2D eigenvalue weighted by Gasteiger charge is -2.06. The normalized spacial score (nSPS) is 12.8. The number of amides is 1.